The summed E-state index contributed by atoms with van der Waals surface area (Å²) in [7, 11) is 1.37. The second-order valence-corrected chi connectivity index (χ2v) is 5.90. The molecule has 19 heavy (non-hydrogen) atoms. The molecule has 7 heteroatoms. The quantitative estimate of drug-likeness (QED) is 0.824. The van der Waals surface area contributed by atoms with Crippen molar-refractivity contribution in [1.29, 1.82) is 0 Å². The Balaban J connectivity index is 2.05. The maximum Gasteiger partial charge on any atom is 0.323 e. The smallest absolute Gasteiger partial charge is 0.323 e. The van der Waals surface area contributed by atoms with Crippen LogP contribution in [0.1, 0.15) is 37.0 Å². The number of hydrogen-bond acceptors (Lipinski definition) is 7. The fourth-order valence-corrected chi connectivity index (χ4v) is 2.98. The number of nitrogens with zero attached hydrogens (tertiary/aromatic N) is 3. The monoisotopic (exact) mass is 285 g/mol. The van der Waals surface area contributed by atoms with Gasteiger partial charge in [-0.25, -0.2) is 4.98 Å². The minimum absolute atomic E-state index is 0.297. The summed E-state index contributed by atoms with van der Waals surface area (Å²) in [4.78, 5) is 18.0. The molecule has 1 aromatic rings. The van der Waals surface area contributed by atoms with E-state index in [1.807, 2.05) is 18.7 Å². The fraction of sp³-hybridized carbons (Fsp3) is 0.750. The van der Waals surface area contributed by atoms with E-state index in [1.54, 1.807) is 0 Å². The van der Waals surface area contributed by atoms with Gasteiger partial charge in [-0.3, -0.25) is 9.69 Å². The highest BCUT2D eigenvalue weighted by Crippen LogP contribution is 2.23. The van der Waals surface area contributed by atoms with Gasteiger partial charge in [0.1, 0.15) is 16.9 Å². The number of methoxy groups -OCH3 is 1. The molecule has 0 spiro atoms. The van der Waals surface area contributed by atoms with Gasteiger partial charge in [-0.1, -0.05) is 13.8 Å². The molecule has 2 heterocycles. The zero-order valence-corrected chi connectivity index (χ0v) is 12.2. The normalized spacial score (nSPS) is 24.1. The van der Waals surface area contributed by atoms with Crippen molar-refractivity contribution in [2.75, 3.05) is 13.7 Å². The fourth-order valence-electron chi connectivity index (χ4n) is 2.18. The maximum absolute atomic E-state index is 11.7. The predicted molar refractivity (Wildman–Crippen MR) is 70.8 cm³/mol. The minimum Gasteiger partial charge on any atom is -0.468 e. The third kappa shape index (κ3) is 3.29. The second-order valence-electron chi connectivity index (χ2n) is 5.06. The first-order valence-corrected chi connectivity index (χ1v) is 7.11. The van der Waals surface area contributed by atoms with Gasteiger partial charge in [0.15, 0.2) is 0 Å². The molecule has 1 aliphatic rings. The number of rotatable bonds is 4. The molecule has 0 bridgehead atoms. The third-order valence-corrected chi connectivity index (χ3v) is 3.90. The summed E-state index contributed by atoms with van der Waals surface area (Å²) in [6.07, 6.45) is -0.0655. The van der Waals surface area contributed by atoms with Crippen molar-refractivity contribution in [2.24, 2.45) is 0 Å². The molecule has 2 rings (SSSR count). The van der Waals surface area contributed by atoms with Gasteiger partial charge in [-0.2, -0.15) is 4.37 Å². The lowest BCUT2D eigenvalue weighted by atomic mass is 10.2. The highest BCUT2D eigenvalue weighted by molar-refractivity contribution is 7.05. The van der Waals surface area contributed by atoms with E-state index in [2.05, 4.69) is 9.36 Å². The maximum atomic E-state index is 11.7. The predicted octanol–water partition coefficient (Wildman–Crippen LogP) is 0.770. The van der Waals surface area contributed by atoms with Gasteiger partial charge in [-0.15, -0.1) is 0 Å². The van der Waals surface area contributed by atoms with Crippen LogP contribution in [0.2, 0.25) is 0 Å². The van der Waals surface area contributed by atoms with E-state index >= 15 is 0 Å². The number of carbonyl (C=O) groups excluding carboxylic acids is 1. The molecule has 0 aliphatic carbocycles. The van der Waals surface area contributed by atoms with Crippen molar-refractivity contribution >= 4 is 17.5 Å². The molecule has 0 saturated carbocycles. The number of β-amino-alcohol motifs (C(OH)–C–C–N with tert-alkyl or cyclic N) is 1. The Morgan fingerprint density at radius 1 is 1.63 bits per heavy atom. The summed E-state index contributed by atoms with van der Waals surface area (Å²) in [6.45, 7) is 5.09. The summed E-state index contributed by atoms with van der Waals surface area (Å²) in [5.41, 5.74) is 0. The number of hydrogen-bond donors (Lipinski definition) is 1. The van der Waals surface area contributed by atoms with Crippen LogP contribution in [-0.2, 0) is 16.1 Å². The van der Waals surface area contributed by atoms with Crippen molar-refractivity contribution in [3.8, 4) is 0 Å². The molecular weight excluding hydrogens is 266 g/mol. The number of aliphatic hydroxyl groups excluding tert-OH is 1. The minimum atomic E-state index is -0.485. The first kappa shape index (κ1) is 14.4. The molecule has 0 amide bonds. The van der Waals surface area contributed by atoms with Crippen LogP contribution in [0.15, 0.2) is 0 Å². The SMILES string of the molecule is COC(=O)[C@H]1C[C@H](O)CN1Cc1nc(C(C)C)ns1. The topological polar surface area (TPSA) is 75.6 Å². The Kier molecular flexibility index (Phi) is 4.49. The lowest BCUT2D eigenvalue weighted by Crippen LogP contribution is -2.36. The Hall–Kier alpha value is -1.05. The molecule has 0 radical (unpaired) electrons. The molecule has 6 nitrogen and oxygen atoms in total. The average molecular weight is 285 g/mol. The van der Waals surface area contributed by atoms with E-state index in [9.17, 15) is 9.90 Å². The van der Waals surface area contributed by atoms with Crippen LogP contribution in [0.5, 0.6) is 0 Å². The van der Waals surface area contributed by atoms with Crippen LogP contribution in [0.3, 0.4) is 0 Å². The van der Waals surface area contributed by atoms with Crippen LogP contribution in [0.4, 0.5) is 0 Å². The lowest BCUT2D eigenvalue weighted by molar-refractivity contribution is -0.146. The summed E-state index contributed by atoms with van der Waals surface area (Å²) in [6, 6.07) is -0.383. The van der Waals surface area contributed by atoms with E-state index < -0.39 is 6.10 Å². The Bertz CT molecular complexity index is 449. The van der Waals surface area contributed by atoms with Crippen LogP contribution in [-0.4, -0.2) is 51.1 Å². The van der Waals surface area contributed by atoms with Crippen LogP contribution >= 0.6 is 11.5 Å². The van der Waals surface area contributed by atoms with Gasteiger partial charge in [0.05, 0.1) is 19.8 Å². The number of aliphatic hydroxyl groups is 1. The van der Waals surface area contributed by atoms with Crippen molar-refractivity contribution in [3.63, 3.8) is 0 Å². The van der Waals surface area contributed by atoms with E-state index in [0.29, 0.717) is 25.4 Å². The number of aromatic nitrogens is 2. The highest BCUT2D eigenvalue weighted by Gasteiger charge is 2.37. The highest BCUT2D eigenvalue weighted by atomic mass is 32.1. The van der Waals surface area contributed by atoms with Crippen LogP contribution in [0, 0.1) is 0 Å². The third-order valence-electron chi connectivity index (χ3n) is 3.19. The zero-order chi connectivity index (χ0) is 14.0. The van der Waals surface area contributed by atoms with Crippen molar-refractivity contribution < 1.29 is 14.6 Å². The van der Waals surface area contributed by atoms with Gasteiger partial charge in [0.25, 0.3) is 0 Å². The van der Waals surface area contributed by atoms with E-state index in [1.165, 1.54) is 18.6 Å². The second kappa shape index (κ2) is 5.94. The van der Waals surface area contributed by atoms with Gasteiger partial charge >= 0.3 is 5.97 Å². The summed E-state index contributed by atoms with van der Waals surface area (Å²) in [5, 5.41) is 10.6. The molecule has 1 N–H and O–H groups in total. The molecule has 0 aromatic carbocycles. The molecule has 1 fully saturated rings. The summed E-state index contributed by atoms with van der Waals surface area (Å²) < 4.78 is 9.06. The number of esters is 1. The van der Waals surface area contributed by atoms with Crippen molar-refractivity contribution in [2.45, 2.75) is 44.9 Å². The average Bonchev–Trinajstić information content (AvgIpc) is 2.96. The molecule has 106 valence electrons. The molecule has 1 aliphatic heterocycles. The number of likely N-dealkylation sites (tertiary alicyclic amines) is 1. The summed E-state index contributed by atoms with van der Waals surface area (Å²) in [5.74, 6) is 0.824. The van der Waals surface area contributed by atoms with Crippen LogP contribution in [0.25, 0.3) is 0 Å². The van der Waals surface area contributed by atoms with Gasteiger partial charge in [0.2, 0.25) is 0 Å². The molecule has 1 saturated heterocycles. The Morgan fingerprint density at radius 2 is 2.37 bits per heavy atom. The van der Waals surface area contributed by atoms with Crippen molar-refractivity contribution in [3.05, 3.63) is 10.8 Å². The molecule has 0 unspecified atom stereocenters. The standard InChI is InChI=1S/C12H19N3O3S/c1-7(2)11-13-10(19-14-11)6-15-5-8(16)4-9(15)12(17)18-3/h7-9,16H,4-6H2,1-3H3/t8-,9+/m0/s1. The summed E-state index contributed by atoms with van der Waals surface area (Å²) >= 11 is 1.35. The van der Waals surface area contributed by atoms with Crippen LogP contribution < -0.4 is 0 Å². The molecular formula is C12H19N3O3S. The van der Waals surface area contributed by atoms with E-state index in [0.717, 1.165) is 10.8 Å². The van der Waals surface area contributed by atoms with Gasteiger partial charge in [-0.05, 0) is 11.5 Å². The van der Waals surface area contributed by atoms with Gasteiger partial charge in [0, 0.05) is 18.9 Å². The zero-order valence-electron chi connectivity index (χ0n) is 11.4. The van der Waals surface area contributed by atoms with Crippen molar-refractivity contribution in [1.82, 2.24) is 14.3 Å². The largest absolute Gasteiger partial charge is 0.468 e. The Morgan fingerprint density at radius 3 is 2.95 bits per heavy atom. The lowest BCUT2D eigenvalue weighted by Gasteiger charge is -2.20. The van der Waals surface area contributed by atoms with E-state index in [4.69, 9.17) is 4.74 Å². The first-order valence-electron chi connectivity index (χ1n) is 6.33. The molecule has 1 aromatic heterocycles. The molecule has 2 atom stereocenters. The van der Waals surface area contributed by atoms with E-state index in [-0.39, 0.29) is 12.0 Å². The Labute approximate surface area is 116 Å². The first-order chi connectivity index (χ1) is 9.01. The number of carbonyl (C=O) groups is 1. The number of ether oxygens (including phenoxy) is 1. The van der Waals surface area contributed by atoms with Gasteiger partial charge < -0.3 is 9.84 Å².